The number of nitrogens with zero attached hydrogens (tertiary/aromatic N) is 3. The van der Waals surface area contributed by atoms with Crippen molar-refractivity contribution in [3.63, 3.8) is 0 Å². The standard InChI is InChI=1S/C25H38N4O6S/c1-15(31)28-7-9-29(10-8-28)21(34)11-16-22-17(36-23(27-22)26-20(33)13-35-4)12-18-24(16,2)6-5-19(32)25(18,3)14-30/h16,18-19,30,32H,5-14H2,1-4H3,(H,26,27,33). The molecule has 10 nitrogen and oxygen atoms in total. The van der Waals surface area contributed by atoms with E-state index in [1.54, 1.807) is 11.8 Å². The van der Waals surface area contributed by atoms with Crippen molar-refractivity contribution < 1.29 is 29.3 Å². The van der Waals surface area contributed by atoms with Crippen LogP contribution >= 0.6 is 11.3 Å². The van der Waals surface area contributed by atoms with Gasteiger partial charge in [-0.25, -0.2) is 4.98 Å². The third kappa shape index (κ3) is 4.78. The molecule has 3 amide bonds. The number of aliphatic hydroxyl groups excluding tert-OH is 2. The summed E-state index contributed by atoms with van der Waals surface area (Å²) in [7, 11) is 1.46. The molecule has 5 atom stereocenters. The molecule has 3 aliphatic rings. The predicted molar refractivity (Wildman–Crippen MR) is 135 cm³/mol. The number of rotatable bonds is 6. The van der Waals surface area contributed by atoms with Crippen molar-refractivity contribution in [2.75, 3.05) is 51.8 Å². The summed E-state index contributed by atoms with van der Waals surface area (Å²) in [4.78, 5) is 46.8. The third-order valence-corrected chi connectivity index (χ3v) is 9.88. The van der Waals surface area contributed by atoms with E-state index < -0.39 is 11.5 Å². The molecule has 1 saturated heterocycles. The summed E-state index contributed by atoms with van der Waals surface area (Å²) in [5, 5.41) is 24.6. The van der Waals surface area contributed by atoms with Crippen LogP contribution in [0.15, 0.2) is 0 Å². The predicted octanol–water partition coefficient (Wildman–Crippen LogP) is 1.22. The maximum absolute atomic E-state index is 13.5. The molecule has 0 radical (unpaired) electrons. The molecule has 11 heteroatoms. The first kappa shape index (κ1) is 27.0. The van der Waals surface area contributed by atoms with Crippen LogP contribution in [0.2, 0.25) is 0 Å². The van der Waals surface area contributed by atoms with E-state index in [0.29, 0.717) is 50.6 Å². The van der Waals surface area contributed by atoms with E-state index in [-0.39, 0.29) is 54.6 Å². The van der Waals surface area contributed by atoms with Gasteiger partial charge in [-0.15, -0.1) is 11.3 Å². The number of thiazole rings is 1. The van der Waals surface area contributed by atoms with Gasteiger partial charge < -0.3 is 24.7 Å². The average Bonchev–Trinajstić information content (AvgIpc) is 3.24. The Morgan fingerprint density at radius 1 is 1.19 bits per heavy atom. The van der Waals surface area contributed by atoms with Crippen LogP contribution in [0.5, 0.6) is 0 Å². The maximum atomic E-state index is 13.5. The molecule has 0 aromatic carbocycles. The van der Waals surface area contributed by atoms with Gasteiger partial charge in [0.05, 0.1) is 18.4 Å². The number of aliphatic hydroxyl groups is 2. The van der Waals surface area contributed by atoms with Gasteiger partial charge in [-0.1, -0.05) is 13.8 Å². The van der Waals surface area contributed by atoms with Gasteiger partial charge in [-0.3, -0.25) is 19.7 Å². The fourth-order valence-corrected chi connectivity index (χ4v) is 7.64. The number of nitrogens with one attached hydrogen (secondary N) is 1. The zero-order chi connectivity index (χ0) is 26.3. The second-order valence-corrected chi connectivity index (χ2v) is 12.0. The number of aromatic nitrogens is 1. The van der Waals surface area contributed by atoms with Crippen molar-refractivity contribution in [1.82, 2.24) is 14.8 Å². The number of fused-ring (bicyclic) bond motifs is 2. The highest BCUT2D eigenvalue weighted by molar-refractivity contribution is 7.15. The van der Waals surface area contributed by atoms with E-state index in [2.05, 4.69) is 12.2 Å². The molecule has 200 valence electrons. The fraction of sp³-hybridized carbons (Fsp3) is 0.760. The molecule has 1 aromatic heterocycles. The van der Waals surface area contributed by atoms with E-state index in [1.165, 1.54) is 18.4 Å². The third-order valence-electron chi connectivity index (χ3n) is 8.87. The Morgan fingerprint density at radius 2 is 1.86 bits per heavy atom. The van der Waals surface area contributed by atoms with Crippen molar-refractivity contribution in [3.05, 3.63) is 10.6 Å². The van der Waals surface area contributed by atoms with E-state index in [4.69, 9.17) is 9.72 Å². The minimum absolute atomic E-state index is 0.0175. The molecule has 2 aliphatic carbocycles. The van der Waals surface area contributed by atoms with Gasteiger partial charge in [0.1, 0.15) is 6.61 Å². The zero-order valence-electron chi connectivity index (χ0n) is 21.6. The van der Waals surface area contributed by atoms with Crippen molar-refractivity contribution >= 4 is 34.2 Å². The lowest BCUT2D eigenvalue weighted by Crippen LogP contribution is -2.58. The van der Waals surface area contributed by atoms with Crippen LogP contribution < -0.4 is 5.32 Å². The molecule has 1 aromatic rings. The van der Waals surface area contributed by atoms with E-state index >= 15 is 0 Å². The van der Waals surface area contributed by atoms with Crippen LogP contribution in [0.4, 0.5) is 5.13 Å². The smallest absolute Gasteiger partial charge is 0.252 e. The zero-order valence-corrected chi connectivity index (χ0v) is 22.4. The van der Waals surface area contributed by atoms with Gasteiger partial charge in [-0.2, -0.15) is 0 Å². The first-order valence-electron chi connectivity index (χ1n) is 12.6. The molecule has 2 heterocycles. The summed E-state index contributed by atoms with van der Waals surface area (Å²) in [5.41, 5.74) is -0.232. The molecule has 5 unspecified atom stereocenters. The molecule has 1 aliphatic heterocycles. The number of carbonyl (C=O) groups excluding carboxylic acids is 3. The molecule has 4 rings (SSSR count). The lowest BCUT2D eigenvalue weighted by Gasteiger charge is -2.58. The second kappa shape index (κ2) is 10.4. The minimum Gasteiger partial charge on any atom is -0.396 e. The van der Waals surface area contributed by atoms with Gasteiger partial charge in [0.2, 0.25) is 11.8 Å². The number of hydrogen-bond acceptors (Lipinski definition) is 8. The normalized spacial score (nSPS) is 32.0. The Kier molecular flexibility index (Phi) is 7.76. The van der Waals surface area contributed by atoms with Crippen LogP contribution in [0.1, 0.15) is 56.5 Å². The summed E-state index contributed by atoms with van der Waals surface area (Å²) in [5.74, 6) is -0.526. The minimum atomic E-state index is -0.706. The van der Waals surface area contributed by atoms with Gasteiger partial charge in [0.25, 0.3) is 5.91 Å². The number of ether oxygens (including phenoxy) is 1. The molecule has 0 spiro atoms. The number of piperazine rings is 1. The molecular formula is C25H38N4O6S. The van der Waals surface area contributed by atoms with Crippen LogP contribution in [-0.4, -0.2) is 95.3 Å². The number of amides is 3. The molecule has 0 bridgehead atoms. The SMILES string of the molecule is COCC(=O)Nc1nc2c(s1)CC1C(C)(CO)C(O)CCC1(C)C2CC(=O)N1CCN(C(C)=O)CC1. The van der Waals surface area contributed by atoms with Gasteiger partial charge in [-0.05, 0) is 30.6 Å². The van der Waals surface area contributed by atoms with Crippen molar-refractivity contribution in [1.29, 1.82) is 0 Å². The monoisotopic (exact) mass is 522 g/mol. The number of methoxy groups -OCH3 is 1. The maximum Gasteiger partial charge on any atom is 0.252 e. The Hall–Kier alpha value is -2.08. The summed E-state index contributed by atoms with van der Waals surface area (Å²) in [6, 6.07) is 0. The Balaban J connectivity index is 1.65. The first-order valence-corrected chi connectivity index (χ1v) is 13.5. The molecule has 1 saturated carbocycles. The highest BCUT2D eigenvalue weighted by Gasteiger charge is 2.59. The lowest BCUT2D eigenvalue weighted by atomic mass is 9.47. The summed E-state index contributed by atoms with van der Waals surface area (Å²) < 4.78 is 4.92. The Morgan fingerprint density at radius 3 is 2.47 bits per heavy atom. The van der Waals surface area contributed by atoms with Crippen molar-refractivity contribution in [2.45, 2.75) is 58.5 Å². The summed E-state index contributed by atoms with van der Waals surface area (Å²) >= 11 is 1.40. The van der Waals surface area contributed by atoms with Crippen LogP contribution in [-0.2, 0) is 25.5 Å². The van der Waals surface area contributed by atoms with E-state index in [0.717, 1.165) is 10.6 Å². The number of hydrogen-bond donors (Lipinski definition) is 3. The highest BCUT2D eigenvalue weighted by Crippen LogP contribution is 2.62. The molecule has 2 fully saturated rings. The largest absolute Gasteiger partial charge is 0.396 e. The number of anilines is 1. The van der Waals surface area contributed by atoms with Crippen LogP contribution in [0.25, 0.3) is 0 Å². The Labute approximate surface area is 216 Å². The van der Waals surface area contributed by atoms with Gasteiger partial charge in [0.15, 0.2) is 5.13 Å². The van der Waals surface area contributed by atoms with Crippen molar-refractivity contribution in [3.8, 4) is 0 Å². The topological polar surface area (TPSA) is 132 Å². The van der Waals surface area contributed by atoms with Crippen LogP contribution in [0, 0.1) is 16.7 Å². The van der Waals surface area contributed by atoms with Crippen molar-refractivity contribution in [2.24, 2.45) is 16.7 Å². The molecule has 3 N–H and O–H groups in total. The second-order valence-electron chi connectivity index (χ2n) is 10.9. The van der Waals surface area contributed by atoms with Gasteiger partial charge in [0, 0.05) is 62.8 Å². The molecule has 36 heavy (non-hydrogen) atoms. The Bertz CT molecular complexity index is 1010. The van der Waals surface area contributed by atoms with Gasteiger partial charge >= 0.3 is 0 Å². The van der Waals surface area contributed by atoms with E-state index in [9.17, 15) is 24.6 Å². The van der Waals surface area contributed by atoms with Crippen LogP contribution in [0.3, 0.4) is 0 Å². The summed E-state index contributed by atoms with van der Waals surface area (Å²) in [6.07, 6.45) is 1.51. The fourth-order valence-electron chi connectivity index (χ4n) is 6.56. The lowest BCUT2D eigenvalue weighted by molar-refractivity contribution is -0.149. The summed E-state index contributed by atoms with van der Waals surface area (Å²) in [6.45, 7) is 7.48. The quantitative estimate of drug-likeness (QED) is 0.512. The highest BCUT2D eigenvalue weighted by atomic mass is 32.1. The number of carbonyl (C=O) groups is 3. The first-order chi connectivity index (χ1) is 17.0. The average molecular weight is 523 g/mol. The van der Waals surface area contributed by atoms with E-state index in [1.807, 2.05) is 11.8 Å². The molecular weight excluding hydrogens is 484 g/mol.